The number of benzene rings is 2. The van der Waals surface area contributed by atoms with Crippen LogP contribution < -0.4 is 0 Å². The van der Waals surface area contributed by atoms with Gasteiger partial charge in [-0.05, 0) is 49.2 Å². The molecule has 1 unspecified atom stereocenters. The van der Waals surface area contributed by atoms with E-state index in [2.05, 4.69) is 4.99 Å². The Morgan fingerprint density at radius 2 is 1.93 bits per heavy atom. The minimum Gasteiger partial charge on any atom is -0.465 e. The second-order valence-corrected chi connectivity index (χ2v) is 6.56. The fourth-order valence-corrected chi connectivity index (χ4v) is 3.69. The lowest BCUT2D eigenvalue weighted by Gasteiger charge is -2.16. The summed E-state index contributed by atoms with van der Waals surface area (Å²) in [5, 5.41) is 0.910. The van der Waals surface area contributed by atoms with Crippen molar-refractivity contribution in [2.75, 3.05) is 13.2 Å². The summed E-state index contributed by atoms with van der Waals surface area (Å²) in [6, 6.07) is 12.9. The van der Waals surface area contributed by atoms with E-state index in [-0.39, 0.29) is 12.5 Å². The van der Waals surface area contributed by atoms with Crippen molar-refractivity contribution >= 4 is 29.0 Å². The second kappa shape index (κ2) is 7.38. The zero-order valence-corrected chi connectivity index (χ0v) is 15.4. The highest BCUT2D eigenvalue weighted by atomic mass is 19.1. The number of hydrogen-bond acceptors (Lipinski definition) is 4. The van der Waals surface area contributed by atoms with E-state index in [1.807, 2.05) is 24.3 Å². The highest BCUT2D eigenvalue weighted by Gasteiger charge is 2.32. The van der Waals surface area contributed by atoms with Gasteiger partial charge in [-0.2, -0.15) is 0 Å². The number of ether oxygens (including phenoxy) is 1. The third-order valence-electron chi connectivity index (χ3n) is 4.89. The monoisotopic (exact) mass is 378 g/mol. The molecule has 0 fully saturated rings. The minimum atomic E-state index is -0.769. The molecular weight excluding hydrogens is 359 g/mol. The summed E-state index contributed by atoms with van der Waals surface area (Å²) in [7, 11) is 0. The van der Waals surface area contributed by atoms with Crippen LogP contribution in [-0.4, -0.2) is 35.8 Å². The molecule has 2 aromatic carbocycles. The van der Waals surface area contributed by atoms with E-state index in [1.54, 1.807) is 17.7 Å². The molecule has 0 radical (unpaired) electrons. The van der Waals surface area contributed by atoms with E-state index in [0.29, 0.717) is 29.7 Å². The van der Waals surface area contributed by atoms with Crippen LogP contribution in [-0.2, 0) is 16.0 Å². The van der Waals surface area contributed by atoms with Crippen molar-refractivity contribution < 1.29 is 18.7 Å². The standard InChI is InChI=1S/C22H19FN2O3/c1-2-28-22(27)18-13-24-12-11-17-16-5-3-4-6-19(16)25(20(17)18)21(26)14-7-9-15(23)10-8-14/h3-10,13,18H,2,11-12H2,1H3. The van der Waals surface area contributed by atoms with Crippen LogP contribution in [0.15, 0.2) is 53.5 Å². The normalized spacial score (nSPS) is 15.9. The number of halogens is 1. The van der Waals surface area contributed by atoms with Gasteiger partial charge in [-0.25, -0.2) is 4.39 Å². The largest absolute Gasteiger partial charge is 0.465 e. The SMILES string of the molecule is CCOC(=O)C1C=NCCc2c1n(C(=O)c1ccc(F)cc1)c1ccccc21. The maximum atomic E-state index is 13.4. The van der Waals surface area contributed by atoms with Crippen molar-refractivity contribution in [3.05, 3.63) is 71.2 Å². The molecule has 0 saturated carbocycles. The number of nitrogens with zero attached hydrogens (tertiary/aromatic N) is 2. The quantitative estimate of drug-likeness (QED) is 0.653. The number of esters is 1. The van der Waals surface area contributed by atoms with Crippen molar-refractivity contribution in [3.8, 4) is 0 Å². The van der Waals surface area contributed by atoms with Crippen molar-refractivity contribution in [2.45, 2.75) is 19.3 Å². The summed E-state index contributed by atoms with van der Waals surface area (Å²) in [6.07, 6.45) is 2.18. The first-order chi connectivity index (χ1) is 13.6. The number of rotatable bonds is 3. The Morgan fingerprint density at radius 3 is 2.68 bits per heavy atom. The highest BCUT2D eigenvalue weighted by Crippen LogP contribution is 2.34. The average molecular weight is 378 g/mol. The smallest absolute Gasteiger partial charge is 0.320 e. The fraction of sp³-hybridized carbons (Fsp3) is 0.227. The molecule has 0 aliphatic carbocycles. The van der Waals surface area contributed by atoms with E-state index in [0.717, 1.165) is 10.9 Å². The fourth-order valence-electron chi connectivity index (χ4n) is 3.69. The molecule has 0 amide bonds. The van der Waals surface area contributed by atoms with E-state index >= 15 is 0 Å². The summed E-state index contributed by atoms with van der Waals surface area (Å²) >= 11 is 0. The molecule has 1 atom stereocenters. The van der Waals surface area contributed by atoms with Crippen LogP contribution in [0.5, 0.6) is 0 Å². The molecule has 4 rings (SSSR count). The predicted molar refractivity (Wildman–Crippen MR) is 105 cm³/mol. The molecule has 1 aliphatic heterocycles. The number of hydrogen-bond donors (Lipinski definition) is 0. The Morgan fingerprint density at radius 1 is 1.18 bits per heavy atom. The van der Waals surface area contributed by atoms with E-state index in [1.165, 1.54) is 24.3 Å². The van der Waals surface area contributed by atoms with Crippen LogP contribution in [0.2, 0.25) is 0 Å². The number of para-hydroxylation sites is 1. The Labute approximate surface area is 161 Å². The van der Waals surface area contributed by atoms with Gasteiger partial charge in [-0.3, -0.25) is 19.1 Å². The van der Waals surface area contributed by atoms with E-state index in [4.69, 9.17) is 4.74 Å². The molecule has 1 aromatic heterocycles. The van der Waals surface area contributed by atoms with Gasteiger partial charge in [0.25, 0.3) is 5.91 Å². The Hall–Kier alpha value is -3.28. The van der Waals surface area contributed by atoms with Gasteiger partial charge in [0, 0.05) is 29.4 Å². The summed E-state index contributed by atoms with van der Waals surface area (Å²) in [4.78, 5) is 30.4. The Kier molecular flexibility index (Phi) is 4.77. The molecular formula is C22H19FN2O3. The third kappa shape index (κ3) is 3.01. The van der Waals surface area contributed by atoms with Gasteiger partial charge in [0.05, 0.1) is 12.1 Å². The maximum absolute atomic E-state index is 13.4. The zero-order valence-electron chi connectivity index (χ0n) is 15.4. The second-order valence-electron chi connectivity index (χ2n) is 6.56. The van der Waals surface area contributed by atoms with Gasteiger partial charge < -0.3 is 4.74 Å². The number of aliphatic imine (C=N–C) groups is 1. The summed E-state index contributed by atoms with van der Waals surface area (Å²) < 4.78 is 20.1. The van der Waals surface area contributed by atoms with Crippen LogP contribution in [0, 0.1) is 5.82 Å². The number of carbonyl (C=O) groups is 2. The molecule has 0 bridgehead atoms. The molecule has 3 aromatic rings. The molecule has 0 saturated heterocycles. The average Bonchev–Trinajstić information content (AvgIpc) is 2.86. The van der Waals surface area contributed by atoms with Gasteiger partial charge in [0.15, 0.2) is 0 Å². The maximum Gasteiger partial charge on any atom is 0.320 e. The van der Waals surface area contributed by atoms with Crippen molar-refractivity contribution in [3.63, 3.8) is 0 Å². The third-order valence-corrected chi connectivity index (χ3v) is 4.89. The zero-order chi connectivity index (χ0) is 19.7. The molecule has 1 aliphatic rings. The number of carbonyl (C=O) groups excluding carboxylic acids is 2. The Balaban J connectivity index is 1.97. The molecule has 2 heterocycles. The van der Waals surface area contributed by atoms with Crippen molar-refractivity contribution in [1.82, 2.24) is 4.57 Å². The number of fused-ring (bicyclic) bond motifs is 3. The molecule has 6 heteroatoms. The first-order valence-corrected chi connectivity index (χ1v) is 9.21. The lowest BCUT2D eigenvalue weighted by atomic mass is 10.00. The van der Waals surface area contributed by atoms with Crippen molar-refractivity contribution in [2.24, 2.45) is 4.99 Å². The first kappa shape index (κ1) is 18.1. The summed E-state index contributed by atoms with van der Waals surface area (Å²) in [6.45, 7) is 2.51. The molecule has 5 nitrogen and oxygen atoms in total. The molecule has 142 valence electrons. The predicted octanol–water partition coefficient (Wildman–Crippen LogP) is 3.74. The summed E-state index contributed by atoms with van der Waals surface area (Å²) in [5.41, 5.74) is 2.55. The van der Waals surface area contributed by atoms with Gasteiger partial charge in [-0.1, -0.05) is 18.2 Å². The highest BCUT2D eigenvalue weighted by molar-refractivity contribution is 6.07. The van der Waals surface area contributed by atoms with Crippen LogP contribution in [0.25, 0.3) is 10.9 Å². The van der Waals surface area contributed by atoms with Crippen LogP contribution in [0.3, 0.4) is 0 Å². The molecule has 28 heavy (non-hydrogen) atoms. The van der Waals surface area contributed by atoms with Gasteiger partial charge in [0.1, 0.15) is 11.7 Å². The van der Waals surface area contributed by atoms with E-state index < -0.39 is 17.7 Å². The lowest BCUT2D eigenvalue weighted by Crippen LogP contribution is -2.24. The van der Waals surface area contributed by atoms with Crippen LogP contribution in [0.4, 0.5) is 4.39 Å². The Bertz CT molecular complexity index is 1080. The van der Waals surface area contributed by atoms with E-state index in [9.17, 15) is 14.0 Å². The number of aromatic nitrogens is 1. The minimum absolute atomic E-state index is 0.241. The lowest BCUT2D eigenvalue weighted by molar-refractivity contribution is -0.143. The molecule has 0 spiro atoms. The van der Waals surface area contributed by atoms with Gasteiger partial charge in [0.2, 0.25) is 0 Å². The van der Waals surface area contributed by atoms with Crippen LogP contribution >= 0.6 is 0 Å². The van der Waals surface area contributed by atoms with Gasteiger partial charge >= 0.3 is 5.97 Å². The first-order valence-electron chi connectivity index (χ1n) is 9.21. The van der Waals surface area contributed by atoms with Crippen LogP contribution in [0.1, 0.15) is 34.5 Å². The molecule has 0 N–H and O–H groups in total. The summed E-state index contributed by atoms with van der Waals surface area (Å²) in [5.74, 6) is -1.94. The van der Waals surface area contributed by atoms with Gasteiger partial charge in [-0.15, -0.1) is 0 Å². The topological polar surface area (TPSA) is 60.7 Å². The van der Waals surface area contributed by atoms with Crippen molar-refractivity contribution in [1.29, 1.82) is 0 Å².